The highest BCUT2D eigenvalue weighted by molar-refractivity contribution is 7.98. The van der Waals surface area contributed by atoms with Crippen LogP contribution >= 0.6 is 11.8 Å². The number of aryl methyl sites for hydroxylation is 1. The van der Waals surface area contributed by atoms with E-state index in [0.29, 0.717) is 23.3 Å². The van der Waals surface area contributed by atoms with Gasteiger partial charge in [0.2, 0.25) is 0 Å². The number of nitrogens with one attached hydrogen (secondary N) is 1. The number of nitrogens with zero attached hydrogens (tertiary/aromatic N) is 2. The first-order chi connectivity index (χ1) is 8.69. The van der Waals surface area contributed by atoms with Crippen molar-refractivity contribution < 1.29 is 9.52 Å². The van der Waals surface area contributed by atoms with E-state index in [-0.39, 0.29) is 0 Å². The van der Waals surface area contributed by atoms with Gasteiger partial charge in [-0.2, -0.15) is 0 Å². The lowest BCUT2D eigenvalue weighted by atomic mass is 10.3. The Morgan fingerprint density at radius 1 is 1.44 bits per heavy atom. The minimum atomic E-state index is -0.689. The molecular weight excluding hydrogens is 250 g/mol. The van der Waals surface area contributed by atoms with Crippen molar-refractivity contribution in [1.82, 2.24) is 9.97 Å². The van der Waals surface area contributed by atoms with Gasteiger partial charge in [-0.25, -0.2) is 9.97 Å². The Balaban J connectivity index is 1.94. The molecule has 0 bridgehead atoms. The summed E-state index contributed by atoms with van der Waals surface area (Å²) in [7, 11) is 0. The molecule has 0 amide bonds. The summed E-state index contributed by atoms with van der Waals surface area (Å²) in [4.78, 5) is 8.34. The molecule has 0 spiro atoms. The van der Waals surface area contributed by atoms with Crippen molar-refractivity contribution in [1.29, 1.82) is 0 Å². The fourth-order valence-corrected chi connectivity index (χ4v) is 1.83. The number of anilines is 1. The van der Waals surface area contributed by atoms with Gasteiger partial charge in [0.15, 0.2) is 5.16 Å². The Kier molecular flexibility index (Phi) is 4.22. The number of aromatic nitrogens is 2. The van der Waals surface area contributed by atoms with Gasteiger partial charge in [0, 0.05) is 12.7 Å². The summed E-state index contributed by atoms with van der Waals surface area (Å²) < 4.78 is 5.35. The summed E-state index contributed by atoms with van der Waals surface area (Å²) in [6.45, 7) is 2.19. The molecule has 2 rings (SSSR count). The van der Waals surface area contributed by atoms with Gasteiger partial charge in [-0.05, 0) is 31.4 Å². The van der Waals surface area contributed by atoms with Crippen molar-refractivity contribution in [2.45, 2.75) is 18.2 Å². The van der Waals surface area contributed by atoms with Gasteiger partial charge < -0.3 is 14.8 Å². The van der Waals surface area contributed by atoms with E-state index < -0.39 is 6.10 Å². The normalized spacial score (nSPS) is 12.4. The van der Waals surface area contributed by atoms with Crippen LogP contribution in [0.15, 0.2) is 34.0 Å². The molecule has 2 aromatic rings. The standard InChI is InChI=1S/C12H15N3O2S/c1-8-3-4-10(17-8)9(16)7-14-11-5-6-13-12(15-11)18-2/h3-6,9,16H,7H2,1-2H3,(H,13,14,15). The highest BCUT2D eigenvalue weighted by Gasteiger charge is 2.11. The fourth-order valence-electron chi connectivity index (χ4n) is 1.47. The molecular formula is C12H15N3O2S. The molecule has 0 aliphatic carbocycles. The molecule has 0 aromatic carbocycles. The summed E-state index contributed by atoms with van der Waals surface area (Å²) in [5.41, 5.74) is 0. The predicted octanol–water partition coefficient (Wildman–Crippen LogP) is 2.25. The van der Waals surface area contributed by atoms with Crippen molar-refractivity contribution in [3.63, 3.8) is 0 Å². The Bertz CT molecular complexity index is 516. The first-order valence-corrected chi connectivity index (χ1v) is 6.77. The van der Waals surface area contributed by atoms with Crippen LogP contribution in [-0.4, -0.2) is 27.9 Å². The molecule has 18 heavy (non-hydrogen) atoms. The average Bonchev–Trinajstić information content (AvgIpc) is 2.83. The fraction of sp³-hybridized carbons (Fsp3) is 0.333. The van der Waals surface area contributed by atoms with Crippen LogP contribution in [0, 0.1) is 6.92 Å². The number of thioether (sulfide) groups is 1. The highest BCUT2D eigenvalue weighted by Crippen LogP contribution is 2.17. The van der Waals surface area contributed by atoms with Crippen molar-refractivity contribution in [2.24, 2.45) is 0 Å². The second kappa shape index (κ2) is 5.88. The third-order valence-electron chi connectivity index (χ3n) is 2.38. The molecule has 96 valence electrons. The second-order valence-corrected chi connectivity index (χ2v) is 4.55. The van der Waals surface area contributed by atoms with Crippen LogP contribution in [0.2, 0.25) is 0 Å². The lowest BCUT2D eigenvalue weighted by molar-refractivity contribution is 0.161. The number of rotatable bonds is 5. The molecule has 0 fully saturated rings. The summed E-state index contributed by atoms with van der Waals surface area (Å²) in [5.74, 6) is 2.03. The maximum absolute atomic E-state index is 9.92. The van der Waals surface area contributed by atoms with Gasteiger partial charge in [0.05, 0.1) is 0 Å². The molecule has 2 aromatic heterocycles. The van der Waals surface area contributed by atoms with Gasteiger partial charge in [0.1, 0.15) is 23.4 Å². The quantitative estimate of drug-likeness (QED) is 0.638. The number of aliphatic hydroxyl groups is 1. The Hall–Kier alpha value is -1.53. The third-order valence-corrected chi connectivity index (χ3v) is 2.94. The van der Waals surface area contributed by atoms with Crippen LogP contribution in [0.3, 0.4) is 0 Å². The molecule has 0 saturated heterocycles. The van der Waals surface area contributed by atoms with Crippen molar-refractivity contribution in [2.75, 3.05) is 18.1 Å². The van der Waals surface area contributed by atoms with E-state index in [0.717, 1.165) is 5.76 Å². The van der Waals surface area contributed by atoms with Crippen LogP contribution in [0.25, 0.3) is 0 Å². The van der Waals surface area contributed by atoms with Crippen LogP contribution in [-0.2, 0) is 0 Å². The van der Waals surface area contributed by atoms with E-state index in [1.807, 2.05) is 19.2 Å². The molecule has 1 atom stereocenters. The van der Waals surface area contributed by atoms with Crippen LogP contribution in [0.4, 0.5) is 5.82 Å². The van der Waals surface area contributed by atoms with Crippen molar-refractivity contribution in [3.05, 3.63) is 35.9 Å². The van der Waals surface area contributed by atoms with E-state index in [9.17, 15) is 5.11 Å². The maximum Gasteiger partial charge on any atom is 0.189 e. The monoisotopic (exact) mass is 265 g/mol. The van der Waals surface area contributed by atoms with Gasteiger partial charge in [-0.3, -0.25) is 0 Å². The number of hydrogen-bond donors (Lipinski definition) is 2. The molecule has 1 unspecified atom stereocenters. The van der Waals surface area contributed by atoms with E-state index in [1.165, 1.54) is 11.8 Å². The largest absolute Gasteiger partial charge is 0.464 e. The zero-order valence-electron chi connectivity index (χ0n) is 10.3. The minimum Gasteiger partial charge on any atom is -0.464 e. The van der Waals surface area contributed by atoms with Gasteiger partial charge in [-0.15, -0.1) is 0 Å². The second-order valence-electron chi connectivity index (χ2n) is 3.77. The van der Waals surface area contributed by atoms with Gasteiger partial charge in [0.25, 0.3) is 0 Å². The first-order valence-electron chi connectivity index (χ1n) is 5.54. The molecule has 2 heterocycles. The van der Waals surface area contributed by atoms with Crippen molar-refractivity contribution >= 4 is 17.6 Å². The van der Waals surface area contributed by atoms with Crippen LogP contribution in [0.1, 0.15) is 17.6 Å². The average molecular weight is 265 g/mol. The van der Waals surface area contributed by atoms with E-state index in [2.05, 4.69) is 15.3 Å². The van der Waals surface area contributed by atoms with Crippen LogP contribution < -0.4 is 5.32 Å². The van der Waals surface area contributed by atoms with Gasteiger partial charge in [-0.1, -0.05) is 11.8 Å². The first kappa shape index (κ1) is 12.9. The molecule has 2 N–H and O–H groups in total. The Labute approximate surface area is 110 Å². The summed E-state index contributed by atoms with van der Waals surface area (Å²) in [6.07, 6.45) is 2.91. The number of hydrogen-bond acceptors (Lipinski definition) is 6. The smallest absolute Gasteiger partial charge is 0.189 e. The molecule has 0 aliphatic heterocycles. The lowest BCUT2D eigenvalue weighted by Crippen LogP contribution is -2.12. The van der Waals surface area contributed by atoms with Crippen molar-refractivity contribution in [3.8, 4) is 0 Å². The molecule has 0 aliphatic rings. The SMILES string of the molecule is CSc1nccc(NCC(O)c2ccc(C)o2)n1. The predicted molar refractivity (Wildman–Crippen MR) is 70.7 cm³/mol. The lowest BCUT2D eigenvalue weighted by Gasteiger charge is -2.10. The van der Waals surface area contributed by atoms with Gasteiger partial charge >= 0.3 is 0 Å². The molecule has 6 heteroatoms. The Morgan fingerprint density at radius 3 is 2.94 bits per heavy atom. The van der Waals surface area contributed by atoms with Crippen LogP contribution in [0.5, 0.6) is 0 Å². The third kappa shape index (κ3) is 3.24. The molecule has 0 radical (unpaired) electrons. The number of furan rings is 1. The highest BCUT2D eigenvalue weighted by atomic mass is 32.2. The van der Waals surface area contributed by atoms with E-state index in [4.69, 9.17) is 4.42 Å². The number of aliphatic hydroxyl groups excluding tert-OH is 1. The van der Waals surface area contributed by atoms with E-state index >= 15 is 0 Å². The summed E-state index contributed by atoms with van der Waals surface area (Å²) in [5, 5.41) is 13.7. The maximum atomic E-state index is 9.92. The zero-order valence-corrected chi connectivity index (χ0v) is 11.1. The topological polar surface area (TPSA) is 71.2 Å². The minimum absolute atomic E-state index is 0.345. The zero-order chi connectivity index (χ0) is 13.0. The summed E-state index contributed by atoms with van der Waals surface area (Å²) in [6, 6.07) is 5.36. The Morgan fingerprint density at radius 2 is 2.28 bits per heavy atom. The molecule has 5 nitrogen and oxygen atoms in total. The molecule has 0 saturated carbocycles. The summed E-state index contributed by atoms with van der Waals surface area (Å²) >= 11 is 1.47. The van der Waals surface area contributed by atoms with E-state index in [1.54, 1.807) is 18.3 Å².